The molecular weight excluding hydrogens is 411 g/mol. The van der Waals surface area contributed by atoms with Crippen LogP contribution in [0.3, 0.4) is 0 Å². The van der Waals surface area contributed by atoms with Crippen molar-refractivity contribution in [2.24, 2.45) is 0 Å². The van der Waals surface area contributed by atoms with Crippen LogP contribution in [0.1, 0.15) is 36.3 Å². The number of benzene rings is 1. The Morgan fingerprint density at radius 3 is 2.42 bits per heavy atom. The van der Waals surface area contributed by atoms with E-state index >= 15 is 0 Å². The minimum atomic E-state index is -4.93. The molecule has 2 aromatic rings. The van der Waals surface area contributed by atoms with Gasteiger partial charge in [0.25, 0.3) is 0 Å². The number of carbonyl (C=O) groups excluding carboxylic acids is 1. The van der Waals surface area contributed by atoms with Crippen molar-refractivity contribution in [1.29, 1.82) is 0 Å². The summed E-state index contributed by atoms with van der Waals surface area (Å²) < 4.78 is 45.3. The van der Waals surface area contributed by atoms with E-state index in [1.165, 1.54) is 18.6 Å². The van der Waals surface area contributed by atoms with Gasteiger partial charge in [-0.25, -0.2) is 4.79 Å². The minimum absolute atomic E-state index is 0.0405. The number of amides is 2. The topological polar surface area (TPSA) is 77.7 Å². The molecule has 0 unspecified atom stereocenters. The number of urea groups is 1. The third-order valence-electron chi connectivity index (χ3n) is 5.56. The number of rotatable bonds is 7. The zero-order chi connectivity index (χ0) is 22.5. The summed E-state index contributed by atoms with van der Waals surface area (Å²) in [5, 5.41) is 15.5. The predicted molar refractivity (Wildman–Crippen MR) is 109 cm³/mol. The Hall–Kier alpha value is -2.52. The van der Waals surface area contributed by atoms with Gasteiger partial charge in [0.15, 0.2) is 0 Å². The van der Waals surface area contributed by atoms with Gasteiger partial charge in [-0.1, -0.05) is 30.3 Å². The minimum Gasteiger partial charge on any atom is -0.463 e. The summed E-state index contributed by atoms with van der Waals surface area (Å²) in [4.78, 5) is 14.4. The fourth-order valence-electron chi connectivity index (χ4n) is 3.73. The van der Waals surface area contributed by atoms with Gasteiger partial charge < -0.3 is 20.2 Å². The predicted octanol–water partition coefficient (Wildman–Crippen LogP) is 3.69. The van der Waals surface area contributed by atoms with Crippen LogP contribution in [0.25, 0.3) is 0 Å². The monoisotopic (exact) mass is 439 g/mol. The van der Waals surface area contributed by atoms with Gasteiger partial charge in [-0.3, -0.25) is 4.90 Å². The lowest BCUT2D eigenvalue weighted by Crippen LogP contribution is -2.49. The molecular formula is C22H28F3N3O3. The molecule has 0 spiro atoms. The molecule has 1 aromatic heterocycles. The summed E-state index contributed by atoms with van der Waals surface area (Å²) in [6.07, 6.45) is -4.15. The molecule has 6 nitrogen and oxygen atoms in total. The number of halogens is 3. The third kappa shape index (κ3) is 6.01. The SMILES string of the molecule is Cc1ccc([C@@](O)(CCNC(=O)NC2CCN(Cc3ccccc3)CC2)C(F)(F)F)o1. The number of hydrogen-bond acceptors (Lipinski definition) is 4. The largest absolute Gasteiger partial charge is 0.463 e. The van der Waals surface area contributed by atoms with Crippen molar-refractivity contribution in [2.45, 2.75) is 50.6 Å². The fraction of sp³-hybridized carbons (Fsp3) is 0.500. The Morgan fingerprint density at radius 1 is 1.16 bits per heavy atom. The van der Waals surface area contributed by atoms with Crippen LogP contribution in [-0.4, -0.2) is 47.9 Å². The number of alkyl halides is 3. The number of nitrogens with zero attached hydrogens (tertiary/aromatic N) is 1. The van der Waals surface area contributed by atoms with Gasteiger partial charge >= 0.3 is 12.2 Å². The lowest BCUT2D eigenvalue weighted by Gasteiger charge is -2.32. The van der Waals surface area contributed by atoms with Crippen LogP contribution in [0.15, 0.2) is 46.9 Å². The summed E-state index contributed by atoms with van der Waals surface area (Å²) in [6.45, 7) is 3.64. The molecule has 2 heterocycles. The molecule has 1 atom stereocenters. The molecule has 0 radical (unpaired) electrons. The van der Waals surface area contributed by atoms with Crippen LogP contribution in [0.5, 0.6) is 0 Å². The molecule has 0 bridgehead atoms. The Balaban J connectivity index is 1.43. The number of likely N-dealkylation sites (tertiary alicyclic amines) is 1. The molecule has 31 heavy (non-hydrogen) atoms. The second-order valence-corrected chi connectivity index (χ2v) is 7.95. The lowest BCUT2D eigenvalue weighted by atomic mass is 9.96. The number of piperidine rings is 1. The Bertz CT molecular complexity index is 848. The fourth-order valence-corrected chi connectivity index (χ4v) is 3.73. The maximum Gasteiger partial charge on any atom is 0.424 e. The highest BCUT2D eigenvalue weighted by Gasteiger charge is 2.56. The second-order valence-electron chi connectivity index (χ2n) is 7.95. The van der Waals surface area contributed by atoms with Gasteiger partial charge in [0.1, 0.15) is 11.5 Å². The van der Waals surface area contributed by atoms with Gasteiger partial charge in [0.05, 0.1) is 0 Å². The Labute approximate surface area is 179 Å². The van der Waals surface area contributed by atoms with E-state index in [0.29, 0.717) is 0 Å². The standard InChI is InChI=1S/C22H28F3N3O3/c1-16-7-8-19(31-16)21(30,22(23,24)25)11-12-26-20(29)27-18-9-13-28(14-10-18)15-17-5-3-2-4-6-17/h2-8,18,30H,9-15H2,1H3,(H2,26,27,29)/t21-/m0/s1. The van der Waals surface area contributed by atoms with Crippen molar-refractivity contribution < 1.29 is 27.5 Å². The molecule has 0 saturated carbocycles. The molecule has 1 aromatic carbocycles. The first kappa shape index (κ1) is 23.1. The zero-order valence-corrected chi connectivity index (χ0v) is 17.4. The van der Waals surface area contributed by atoms with Crippen LogP contribution in [0.2, 0.25) is 0 Å². The normalized spacial score (nSPS) is 17.8. The molecule has 1 aliphatic rings. The van der Waals surface area contributed by atoms with Crippen molar-refractivity contribution in [2.75, 3.05) is 19.6 Å². The summed E-state index contributed by atoms with van der Waals surface area (Å²) in [7, 11) is 0. The van der Waals surface area contributed by atoms with Crippen LogP contribution in [0, 0.1) is 6.92 Å². The van der Waals surface area contributed by atoms with E-state index in [-0.39, 0.29) is 18.3 Å². The summed E-state index contributed by atoms with van der Waals surface area (Å²) in [6, 6.07) is 12.0. The van der Waals surface area contributed by atoms with E-state index in [1.807, 2.05) is 18.2 Å². The molecule has 0 aliphatic carbocycles. The van der Waals surface area contributed by atoms with Gasteiger partial charge in [-0.2, -0.15) is 13.2 Å². The quantitative estimate of drug-likeness (QED) is 0.615. The highest BCUT2D eigenvalue weighted by molar-refractivity contribution is 5.74. The average molecular weight is 439 g/mol. The van der Waals surface area contributed by atoms with Crippen molar-refractivity contribution in [3.8, 4) is 0 Å². The Morgan fingerprint density at radius 2 is 1.84 bits per heavy atom. The van der Waals surface area contributed by atoms with Crippen LogP contribution >= 0.6 is 0 Å². The molecule has 3 rings (SSSR count). The average Bonchev–Trinajstić information content (AvgIpc) is 3.16. The van der Waals surface area contributed by atoms with Gasteiger partial charge in [-0.15, -0.1) is 0 Å². The number of aliphatic hydroxyl groups is 1. The Kier molecular flexibility index (Phi) is 7.27. The van der Waals surface area contributed by atoms with Gasteiger partial charge in [-0.05, 0) is 37.5 Å². The molecule has 170 valence electrons. The third-order valence-corrected chi connectivity index (χ3v) is 5.56. The van der Waals surface area contributed by atoms with Crippen LogP contribution < -0.4 is 10.6 Å². The van der Waals surface area contributed by atoms with Crippen molar-refractivity contribution in [3.63, 3.8) is 0 Å². The molecule has 9 heteroatoms. The molecule has 1 aliphatic heterocycles. The summed E-state index contributed by atoms with van der Waals surface area (Å²) in [5.74, 6) is -0.313. The molecule has 1 saturated heterocycles. The summed E-state index contributed by atoms with van der Waals surface area (Å²) in [5.41, 5.74) is -1.92. The maximum absolute atomic E-state index is 13.4. The van der Waals surface area contributed by atoms with Crippen molar-refractivity contribution in [3.05, 3.63) is 59.5 Å². The van der Waals surface area contributed by atoms with E-state index < -0.39 is 30.0 Å². The number of carbonyl (C=O) groups is 1. The number of furan rings is 1. The van der Waals surface area contributed by atoms with Gasteiger partial charge in [0.2, 0.25) is 5.60 Å². The molecule has 2 amide bonds. The zero-order valence-electron chi connectivity index (χ0n) is 17.4. The number of nitrogens with one attached hydrogen (secondary N) is 2. The van der Waals surface area contributed by atoms with E-state index in [4.69, 9.17) is 4.42 Å². The van der Waals surface area contributed by atoms with Crippen LogP contribution in [-0.2, 0) is 12.1 Å². The van der Waals surface area contributed by atoms with E-state index in [0.717, 1.165) is 38.5 Å². The first-order valence-corrected chi connectivity index (χ1v) is 10.3. The number of hydrogen-bond donors (Lipinski definition) is 3. The smallest absolute Gasteiger partial charge is 0.424 e. The molecule has 1 fully saturated rings. The second kappa shape index (κ2) is 9.74. The first-order chi connectivity index (χ1) is 14.7. The first-order valence-electron chi connectivity index (χ1n) is 10.3. The highest BCUT2D eigenvalue weighted by Crippen LogP contribution is 2.42. The van der Waals surface area contributed by atoms with E-state index in [2.05, 4.69) is 27.7 Å². The molecule has 3 N–H and O–H groups in total. The van der Waals surface area contributed by atoms with Crippen molar-refractivity contribution in [1.82, 2.24) is 15.5 Å². The van der Waals surface area contributed by atoms with Gasteiger partial charge in [0, 0.05) is 38.6 Å². The van der Waals surface area contributed by atoms with E-state index in [9.17, 15) is 23.1 Å². The summed E-state index contributed by atoms with van der Waals surface area (Å²) >= 11 is 0. The number of aryl methyl sites for hydroxylation is 1. The lowest BCUT2D eigenvalue weighted by molar-refractivity contribution is -0.274. The van der Waals surface area contributed by atoms with Crippen LogP contribution in [0.4, 0.5) is 18.0 Å². The van der Waals surface area contributed by atoms with Crippen molar-refractivity contribution >= 4 is 6.03 Å². The van der Waals surface area contributed by atoms with E-state index in [1.54, 1.807) is 0 Å². The highest BCUT2D eigenvalue weighted by atomic mass is 19.4. The maximum atomic E-state index is 13.4.